The zero-order valence-corrected chi connectivity index (χ0v) is 14.8. The Labute approximate surface area is 150 Å². The van der Waals surface area contributed by atoms with Crippen molar-refractivity contribution >= 4 is 5.97 Å². The predicted molar refractivity (Wildman–Crippen MR) is 95.7 cm³/mol. The lowest BCUT2D eigenvalue weighted by Crippen LogP contribution is -2.08. The minimum absolute atomic E-state index is 0.178. The van der Waals surface area contributed by atoms with Gasteiger partial charge >= 0.3 is 5.97 Å². The maximum absolute atomic E-state index is 12.0. The maximum Gasteiger partial charge on any atom is 0.345 e. The second-order valence-electron chi connectivity index (χ2n) is 5.55. The van der Waals surface area contributed by atoms with Crippen molar-refractivity contribution in [2.75, 3.05) is 13.7 Å². The van der Waals surface area contributed by atoms with E-state index in [-0.39, 0.29) is 23.8 Å². The summed E-state index contributed by atoms with van der Waals surface area (Å²) in [5.41, 5.74) is 2.18. The number of para-hydroxylation sites is 1. The second-order valence-corrected chi connectivity index (χ2v) is 5.55. The number of aromatic nitrogens is 3. The molecule has 134 valence electrons. The Morgan fingerprint density at radius 3 is 2.73 bits per heavy atom. The Balaban J connectivity index is 2.06. The predicted octanol–water partition coefficient (Wildman–Crippen LogP) is 3.13. The van der Waals surface area contributed by atoms with Crippen molar-refractivity contribution in [3.63, 3.8) is 0 Å². The number of carbonyl (C=O) groups is 1. The summed E-state index contributed by atoms with van der Waals surface area (Å²) >= 11 is 0. The number of aromatic hydroxyl groups is 1. The van der Waals surface area contributed by atoms with E-state index in [9.17, 15) is 9.90 Å². The van der Waals surface area contributed by atoms with E-state index in [1.165, 1.54) is 18.0 Å². The average molecular weight is 353 g/mol. The molecule has 7 heteroatoms. The van der Waals surface area contributed by atoms with Gasteiger partial charge in [0.15, 0.2) is 5.82 Å². The molecule has 0 amide bonds. The normalized spacial score (nSPS) is 10.6. The summed E-state index contributed by atoms with van der Waals surface area (Å²) < 4.78 is 11.8. The number of phenolic OH excluding ortho intramolecular Hbond substituents is 1. The molecule has 0 aliphatic rings. The van der Waals surface area contributed by atoms with Crippen LogP contribution < -0.4 is 4.74 Å². The Morgan fingerprint density at radius 1 is 1.23 bits per heavy atom. The fourth-order valence-electron chi connectivity index (χ4n) is 2.60. The molecule has 3 aromatic rings. The van der Waals surface area contributed by atoms with Crippen LogP contribution in [0.15, 0.2) is 42.6 Å². The van der Waals surface area contributed by atoms with E-state index >= 15 is 0 Å². The van der Waals surface area contributed by atoms with Crippen LogP contribution in [0.3, 0.4) is 0 Å². The van der Waals surface area contributed by atoms with Crippen molar-refractivity contribution in [1.82, 2.24) is 14.8 Å². The van der Waals surface area contributed by atoms with Gasteiger partial charge in [-0.3, -0.25) is 0 Å². The summed E-state index contributed by atoms with van der Waals surface area (Å²) in [5.74, 6) is 0.359. The van der Waals surface area contributed by atoms with Gasteiger partial charge in [-0.1, -0.05) is 18.2 Å². The lowest BCUT2D eigenvalue weighted by Gasteiger charge is -2.10. The third-order valence-electron chi connectivity index (χ3n) is 3.88. The molecule has 0 saturated heterocycles. The third kappa shape index (κ3) is 3.11. The van der Waals surface area contributed by atoms with Crippen molar-refractivity contribution in [2.45, 2.75) is 13.8 Å². The van der Waals surface area contributed by atoms with E-state index in [0.29, 0.717) is 17.1 Å². The van der Waals surface area contributed by atoms with Crippen LogP contribution in [0.1, 0.15) is 22.8 Å². The van der Waals surface area contributed by atoms with E-state index in [1.54, 1.807) is 31.2 Å². The molecular weight excluding hydrogens is 334 g/mol. The van der Waals surface area contributed by atoms with E-state index < -0.39 is 5.97 Å². The molecule has 0 spiro atoms. The molecule has 0 unspecified atom stereocenters. The summed E-state index contributed by atoms with van der Waals surface area (Å²) in [7, 11) is 1.45. The number of esters is 1. The number of methoxy groups -OCH3 is 1. The number of nitrogens with zero attached hydrogens (tertiary/aromatic N) is 3. The van der Waals surface area contributed by atoms with Gasteiger partial charge in [0.25, 0.3) is 0 Å². The molecule has 26 heavy (non-hydrogen) atoms. The molecule has 1 aromatic carbocycles. The van der Waals surface area contributed by atoms with Crippen LogP contribution in [0.5, 0.6) is 11.6 Å². The van der Waals surface area contributed by atoms with Gasteiger partial charge in [0, 0.05) is 5.56 Å². The van der Waals surface area contributed by atoms with E-state index in [1.807, 2.05) is 19.1 Å². The van der Waals surface area contributed by atoms with Gasteiger partial charge in [0.1, 0.15) is 11.3 Å². The van der Waals surface area contributed by atoms with Crippen molar-refractivity contribution in [3.8, 4) is 28.7 Å². The Hall–Kier alpha value is -3.35. The number of pyridine rings is 1. The molecule has 1 N–H and O–H groups in total. The van der Waals surface area contributed by atoms with Crippen LogP contribution in [-0.2, 0) is 4.74 Å². The molecule has 2 heterocycles. The molecule has 0 fully saturated rings. The summed E-state index contributed by atoms with van der Waals surface area (Å²) in [4.78, 5) is 16.6. The van der Waals surface area contributed by atoms with Crippen LogP contribution in [-0.4, -0.2) is 39.6 Å². The first-order valence-corrected chi connectivity index (χ1v) is 8.12. The number of hydrogen-bond donors (Lipinski definition) is 1. The first kappa shape index (κ1) is 17.5. The SMILES string of the molecule is CCOC(=O)c1cnn(-c2cccc(-c3cccc(C)c3O)n2)c1OC. The highest BCUT2D eigenvalue weighted by Gasteiger charge is 2.21. The largest absolute Gasteiger partial charge is 0.507 e. The van der Waals surface area contributed by atoms with Gasteiger partial charge in [-0.2, -0.15) is 9.78 Å². The quantitative estimate of drug-likeness (QED) is 0.709. The molecule has 0 saturated carbocycles. The van der Waals surface area contributed by atoms with Crippen molar-refractivity contribution in [3.05, 3.63) is 53.7 Å². The van der Waals surface area contributed by atoms with Crippen LogP contribution in [0, 0.1) is 6.92 Å². The van der Waals surface area contributed by atoms with Gasteiger partial charge in [-0.15, -0.1) is 0 Å². The minimum atomic E-state index is -0.511. The number of hydrogen-bond acceptors (Lipinski definition) is 6. The fraction of sp³-hybridized carbons (Fsp3) is 0.211. The summed E-state index contributed by atoms with van der Waals surface area (Å²) in [6.45, 7) is 3.81. The number of phenols is 1. The molecule has 7 nitrogen and oxygen atoms in total. The molecule has 3 rings (SSSR count). The van der Waals surface area contributed by atoms with Crippen molar-refractivity contribution in [1.29, 1.82) is 0 Å². The number of aryl methyl sites for hydroxylation is 1. The Bertz CT molecular complexity index is 950. The summed E-state index contributed by atoms with van der Waals surface area (Å²) in [5, 5.41) is 14.5. The number of ether oxygens (including phenoxy) is 2. The van der Waals surface area contributed by atoms with Gasteiger partial charge in [0.2, 0.25) is 5.88 Å². The smallest absolute Gasteiger partial charge is 0.345 e. The second kappa shape index (κ2) is 7.26. The lowest BCUT2D eigenvalue weighted by molar-refractivity contribution is 0.0522. The first-order chi connectivity index (χ1) is 12.6. The van der Waals surface area contributed by atoms with E-state index in [2.05, 4.69) is 10.1 Å². The van der Waals surface area contributed by atoms with Crippen molar-refractivity contribution in [2.24, 2.45) is 0 Å². The first-order valence-electron chi connectivity index (χ1n) is 8.12. The van der Waals surface area contributed by atoms with Crippen LogP contribution >= 0.6 is 0 Å². The molecule has 0 aliphatic heterocycles. The molecule has 0 atom stereocenters. The molecule has 0 bridgehead atoms. The van der Waals surface area contributed by atoms with E-state index in [0.717, 1.165) is 5.56 Å². The lowest BCUT2D eigenvalue weighted by atomic mass is 10.1. The van der Waals surface area contributed by atoms with Gasteiger partial charge < -0.3 is 14.6 Å². The van der Waals surface area contributed by atoms with Crippen LogP contribution in [0.2, 0.25) is 0 Å². The molecule has 0 radical (unpaired) electrons. The topological polar surface area (TPSA) is 86.5 Å². The minimum Gasteiger partial charge on any atom is -0.507 e. The monoisotopic (exact) mass is 353 g/mol. The highest BCUT2D eigenvalue weighted by Crippen LogP contribution is 2.31. The molecular formula is C19H19N3O4. The zero-order chi connectivity index (χ0) is 18.7. The van der Waals surface area contributed by atoms with Gasteiger partial charge in [0.05, 0.1) is 25.6 Å². The van der Waals surface area contributed by atoms with Crippen molar-refractivity contribution < 1.29 is 19.4 Å². The Morgan fingerprint density at radius 2 is 2.00 bits per heavy atom. The summed E-state index contributed by atoms with van der Waals surface area (Å²) in [6, 6.07) is 10.8. The fourth-order valence-corrected chi connectivity index (χ4v) is 2.60. The number of rotatable bonds is 5. The van der Waals surface area contributed by atoms with Crippen LogP contribution in [0.4, 0.5) is 0 Å². The van der Waals surface area contributed by atoms with Crippen LogP contribution in [0.25, 0.3) is 17.1 Å². The average Bonchev–Trinajstić information content (AvgIpc) is 3.08. The number of benzene rings is 1. The zero-order valence-electron chi connectivity index (χ0n) is 14.8. The van der Waals surface area contributed by atoms with Gasteiger partial charge in [-0.05, 0) is 37.6 Å². The Kier molecular flexibility index (Phi) is 4.88. The standard InChI is InChI=1S/C19H19N3O4/c1-4-26-19(24)14-11-20-22(18(14)25-3)16-10-6-9-15(21-16)13-8-5-7-12(2)17(13)23/h5-11,23H,4H2,1-3H3. The molecule has 2 aromatic heterocycles. The number of carbonyl (C=O) groups excluding carboxylic acids is 1. The summed E-state index contributed by atoms with van der Waals surface area (Å²) in [6.07, 6.45) is 1.38. The maximum atomic E-state index is 12.0. The van der Waals surface area contributed by atoms with Gasteiger partial charge in [-0.25, -0.2) is 9.78 Å². The highest BCUT2D eigenvalue weighted by molar-refractivity contribution is 5.91. The third-order valence-corrected chi connectivity index (χ3v) is 3.88. The molecule has 0 aliphatic carbocycles. The highest BCUT2D eigenvalue weighted by atomic mass is 16.5. The van der Waals surface area contributed by atoms with E-state index in [4.69, 9.17) is 9.47 Å².